The van der Waals surface area contributed by atoms with E-state index in [1.54, 1.807) is 24.8 Å². The van der Waals surface area contributed by atoms with Crippen LogP contribution < -0.4 is 19.6 Å². The van der Waals surface area contributed by atoms with Crippen molar-refractivity contribution in [1.29, 1.82) is 0 Å². The molecule has 0 amide bonds. The van der Waals surface area contributed by atoms with Crippen molar-refractivity contribution < 1.29 is 135 Å². The van der Waals surface area contributed by atoms with Crippen molar-refractivity contribution in [2.24, 2.45) is 0 Å². The third kappa shape index (κ3) is 44.3. The Labute approximate surface area is 329 Å². The summed E-state index contributed by atoms with van der Waals surface area (Å²) in [6.07, 6.45) is 3.31. The minimum Gasteiger partial charge on any atom is -0.779 e. The van der Waals surface area contributed by atoms with E-state index in [0.717, 1.165) is 22.8 Å². The number of aromatic nitrogens is 4. The first kappa shape index (κ1) is 76.6. The third-order valence-electron chi connectivity index (χ3n) is 4.51. The average Bonchev–Trinajstić information content (AvgIpc) is 2.97. The Balaban J connectivity index is -0.0000000565. The molecule has 2 radical (unpaired) electrons. The van der Waals surface area contributed by atoms with Crippen molar-refractivity contribution >= 4 is 30.4 Å². The molecule has 0 aliphatic rings. The number of hydrogen-bond donors (Lipinski definition) is 4. The summed E-state index contributed by atoms with van der Waals surface area (Å²) in [6.45, 7) is 0. The van der Waals surface area contributed by atoms with Crippen LogP contribution in [0.15, 0.2) is 97.6 Å². The summed E-state index contributed by atoms with van der Waals surface area (Å²) >= 11 is 0. The van der Waals surface area contributed by atoms with Crippen LogP contribution in [0.1, 0.15) is 0 Å². The van der Waals surface area contributed by atoms with Gasteiger partial charge in [-0.25, -0.2) is 0 Å². The first-order valence-corrected chi connectivity index (χ1v) is 19.2. The number of pyridine rings is 4. The van der Waals surface area contributed by atoms with E-state index in [-0.39, 0.29) is 77.9 Å². The van der Waals surface area contributed by atoms with E-state index in [0.29, 0.717) is 0 Å². The van der Waals surface area contributed by atoms with Crippen LogP contribution in [-0.4, -0.2) is 97.0 Å². The number of nitrogens with zero attached hydrogens (tertiary/aromatic N) is 4. The molecule has 54 heavy (non-hydrogen) atoms. The Bertz CT molecular complexity index is 1340. The molecular weight excluding hydrogens is 915 g/mol. The van der Waals surface area contributed by atoms with Gasteiger partial charge in [-0.15, -0.1) is 0 Å². The summed E-state index contributed by atoms with van der Waals surface area (Å²) in [7, 11) is -18.2. The quantitative estimate of drug-likeness (QED) is 0.0725. The van der Waals surface area contributed by atoms with Gasteiger partial charge in [-0.1, -0.05) is 24.3 Å². The Kier molecular flexibility index (Phi) is 53.7. The van der Waals surface area contributed by atoms with E-state index in [1.165, 1.54) is 0 Å². The zero-order valence-corrected chi connectivity index (χ0v) is 32.9. The smallest absolute Gasteiger partial charge is 0.779 e. The van der Waals surface area contributed by atoms with Gasteiger partial charge in [0.1, 0.15) is 30.4 Å². The summed E-state index contributed by atoms with van der Waals surface area (Å²) in [4.78, 5) is 88.3. The SMILES string of the molecule is O.O.O.O.O.O.O=P([O-])(O)CCP(=O)([O-])O.O=P([O-])(O)CCP(=O)([O-])O.[Cu+2].[Cu+2].[OH3+].[OH3+].c1ccc(-c2ccccn2)nc1.c1ccc(-c2ccccn2)nc1. The average molecular weight is 962 g/mol. The zero-order chi connectivity index (χ0) is 33.3. The first-order valence-electron chi connectivity index (χ1n) is 12.1. The Morgan fingerprint density at radius 2 is 0.537 bits per heavy atom. The van der Waals surface area contributed by atoms with Gasteiger partial charge in [0.15, 0.2) is 0 Å². The molecule has 0 aliphatic heterocycles. The molecule has 322 valence electrons. The molecule has 0 spiro atoms. The van der Waals surface area contributed by atoms with Crippen LogP contribution in [-0.2, 0) is 63.3 Å². The minimum absolute atomic E-state index is 0. The van der Waals surface area contributed by atoms with Crippen LogP contribution in [0.2, 0.25) is 0 Å². The summed E-state index contributed by atoms with van der Waals surface area (Å²) in [5.74, 6) is 0. The molecular formula is C24H46Cu2N4O20P4+2. The molecule has 4 unspecified atom stereocenters. The van der Waals surface area contributed by atoms with Crippen molar-refractivity contribution in [3.8, 4) is 22.8 Å². The second-order valence-corrected chi connectivity index (χ2v) is 15.2. The first-order chi connectivity index (χ1) is 20.3. The maximum atomic E-state index is 9.89. The molecule has 0 fully saturated rings. The van der Waals surface area contributed by atoms with Gasteiger partial charge in [-0.05, 0) is 48.5 Å². The molecule has 4 rings (SSSR count). The van der Waals surface area contributed by atoms with Crippen molar-refractivity contribution in [2.75, 3.05) is 24.6 Å². The second kappa shape index (κ2) is 37.8. The van der Waals surface area contributed by atoms with Crippen LogP contribution in [0.4, 0.5) is 0 Å². The van der Waals surface area contributed by atoms with Gasteiger partial charge in [0.25, 0.3) is 0 Å². The molecule has 0 aromatic carbocycles. The fourth-order valence-electron chi connectivity index (χ4n) is 2.56. The number of rotatable bonds is 8. The van der Waals surface area contributed by atoms with Crippen molar-refractivity contribution in [3.05, 3.63) is 97.6 Å². The molecule has 24 nitrogen and oxygen atoms in total. The van der Waals surface area contributed by atoms with Crippen LogP contribution in [0, 0.1) is 0 Å². The maximum Gasteiger partial charge on any atom is 2.00 e. The van der Waals surface area contributed by atoms with Gasteiger partial charge in [-0.2, -0.15) is 0 Å². The topological polar surface area (TPSA) is 548 Å². The minimum atomic E-state index is -4.54. The van der Waals surface area contributed by atoms with E-state index in [2.05, 4.69) is 19.9 Å². The molecule has 0 saturated carbocycles. The van der Waals surface area contributed by atoms with Gasteiger partial charge >= 0.3 is 34.1 Å². The Morgan fingerprint density at radius 3 is 0.630 bits per heavy atom. The summed E-state index contributed by atoms with van der Waals surface area (Å²) < 4.78 is 39.6. The fourth-order valence-corrected chi connectivity index (χ4v) is 6.61. The van der Waals surface area contributed by atoms with Crippen molar-refractivity contribution in [3.63, 3.8) is 0 Å². The van der Waals surface area contributed by atoms with Crippen molar-refractivity contribution in [1.82, 2.24) is 19.9 Å². The molecule has 4 aromatic rings. The Morgan fingerprint density at radius 1 is 0.389 bits per heavy atom. The van der Waals surface area contributed by atoms with Gasteiger partial charge in [0.05, 0.1) is 22.8 Å². The van der Waals surface area contributed by atoms with Crippen LogP contribution >= 0.6 is 30.4 Å². The number of hydrogen-bond acceptors (Lipinski definition) is 12. The zero-order valence-electron chi connectivity index (χ0n) is 27.5. The predicted molar refractivity (Wildman–Crippen MR) is 185 cm³/mol. The summed E-state index contributed by atoms with van der Waals surface area (Å²) in [6, 6.07) is 23.2. The fraction of sp³-hybridized carbons (Fsp3) is 0.167. The molecule has 4 heterocycles. The molecule has 22 N–H and O–H groups in total. The van der Waals surface area contributed by atoms with E-state index in [4.69, 9.17) is 19.6 Å². The monoisotopic (exact) mass is 960 g/mol. The summed E-state index contributed by atoms with van der Waals surface area (Å²) in [5, 5.41) is 0. The van der Waals surface area contributed by atoms with E-state index in [9.17, 15) is 37.8 Å². The normalized spacial score (nSPS) is 12.9. The molecule has 4 aromatic heterocycles. The molecule has 4 atom stereocenters. The van der Waals surface area contributed by atoms with Crippen LogP contribution in [0.25, 0.3) is 22.8 Å². The van der Waals surface area contributed by atoms with Gasteiger partial charge in [-0.3, -0.25) is 19.9 Å². The van der Waals surface area contributed by atoms with Gasteiger partial charge in [0, 0.05) is 49.4 Å². The molecule has 0 aliphatic carbocycles. The predicted octanol–water partition coefficient (Wildman–Crippen LogP) is -6.35. The Hall–Kier alpha value is -2.08. The molecule has 0 bridgehead atoms. The van der Waals surface area contributed by atoms with Crippen molar-refractivity contribution in [2.45, 2.75) is 0 Å². The van der Waals surface area contributed by atoms with E-state index >= 15 is 0 Å². The largest absolute Gasteiger partial charge is 2.00 e. The summed E-state index contributed by atoms with van der Waals surface area (Å²) in [5.41, 5.74) is 3.66. The van der Waals surface area contributed by atoms with Crippen LogP contribution in [0.5, 0.6) is 0 Å². The maximum absolute atomic E-state index is 9.89. The van der Waals surface area contributed by atoms with Gasteiger partial charge in [0.2, 0.25) is 0 Å². The van der Waals surface area contributed by atoms with Crippen LogP contribution in [0.3, 0.4) is 0 Å². The van der Waals surface area contributed by atoms with E-state index in [1.807, 2.05) is 72.8 Å². The van der Waals surface area contributed by atoms with E-state index < -0.39 is 55.0 Å². The molecule has 0 saturated heterocycles. The molecule has 30 heteroatoms. The second-order valence-electron chi connectivity index (χ2n) is 8.30. The van der Waals surface area contributed by atoms with Gasteiger partial charge < -0.3 is 101 Å². The third-order valence-corrected chi connectivity index (χ3v) is 8.38. The standard InChI is InChI=1S/2C10H8N2.2C2H8O6P2.2Cu.8H2O/c2*1-3-7-11-9(5-1)10-6-2-4-8-12-10;2*3-9(4,5)1-2-10(6,7)8;;;;;;;;;;/h2*1-8H;2*1-2H2,(H2,3,4,5)(H2,6,7,8);;;8*1H2/q;;;;2*+2;;;;;;;;/p-2.